The van der Waals surface area contributed by atoms with Gasteiger partial charge in [-0.1, -0.05) is 36.4 Å². The number of hydrogen-bond acceptors (Lipinski definition) is 1. The van der Waals surface area contributed by atoms with Crippen molar-refractivity contribution in [1.29, 1.82) is 0 Å². The molecule has 2 aromatic rings. The number of fused-ring (bicyclic) bond motifs is 1. The SMILES string of the molecule is CNC(c1ccc2c(c1)CCC2)c1ccccc1I. The van der Waals surface area contributed by atoms with Gasteiger partial charge in [0.05, 0.1) is 6.04 Å². The van der Waals surface area contributed by atoms with Crippen LogP contribution in [0.15, 0.2) is 42.5 Å². The van der Waals surface area contributed by atoms with Gasteiger partial charge < -0.3 is 5.32 Å². The molecule has 1 aliphatic rings. The molecule has 98 valence electrons. The van der Waals surface area contributed by atoms with Crippen LogP contribution in [0, 0.1) is 3.57 Å². The molecule has 0 heterocycles. The van der Waals surface area contributed by atoms with Crippen LogP contribution in [0.4, 0.5) is 0 Å². The lowest BCUT2D eigenvalue weighted by molar-refractivity contribution is 0.687. The minimum Gasteiger partial charge on any atom is -0.309 e. The fourth-order valence-electron chi connectivity index (χ4n) is 2.98. The summed E-state index contributed by atoms with van der Waals surface area (Å²) in [7, 11) is 2.04. The predicted octanol–water partition coefficient (Wildman–Crippen LogP) is 4.09. The summed E-state index contributed by atoms with van der Waals surface area (Å²) < 4.78 is 1.32. The van der Waals surface area contributed by atoms with Crippen molar-refractivity contribution in [3.05, 3.63) is 68.3 Å². The van der Waals surface area contributed by atoms with E-state index in [0.29, 0.717) is 6.04 Å². The van der Waals surface area contributed by atoms with Gasteiger partial charge in [-0.05, 0) is 77.2 Å². The van der Waals surface area contributed by atoms with Gasteiger partial charge in [-0.15, -0.1) is 0 Å². The van der Waals surface area contributed by atoms with Gasteiger partial charge in [0, 0.05) is 3.57 Å². The highest BCUT2D eigenvalue weighted by atomic mass is 127. The molecule has 0 saturated heterocycles. The Morgan fingerprint density at radius 2 is 1.84 bits per heavy atom. The summed E-state index contributed by atoms with van der Waals surface area (Å²) in [6.45, 7) is 0. The molecule has 1 unspecified atom stereocenters. The zero-order valence-corrected chi connectivity index (χ0v) is 13.3. The van der Waals surface area contributed by atoms with E-state index >= 15 is 0 Å². The highest BCUT2D eigenvalue weighted by Crippen LogP contribution is 2.30. The van der Waals surface area contributed by atoms with Crippen LogP contribution in [-0.4, -0.2) is 7.05 Å². The summed E-state index contributed by atoms with van der Waals surface area (Å²) in [6, 6.07) is 15.9. The number of nitrogens with one attached hydrogen (secondary N) is 1. The van der Waals surface area contributed by atoms with Crippen molar-refractivity contribution in [2.24, 2.45) is 0 Å². The molecule has 19 heavy (non-hydrogen) atoms. The smallest absolute Gasteiger partial charge is 0.0584 e. The van der Waals surface area contributed by atoms with E-state index in [1.807, 2.05) is 7.05 Å². The van der Waals surface area contributed by atoms with Crippen molar-refractivity contribution >= 4 is 22.6 Å². The molecule has 1 N–H and O–H groups in total. The Labute approximate surface area is 128 Å². The Kier molecular flexibility index (Phi) is 3.89. The summed E-state index contributed by atoms with van der Waals surface area (Å²) in [5.41, 5.74) is 5.83. The topological polar surface area (TPSA) is 12.0 Å². The maximum Gasteiger partial charge on any atom is 0.0584 e. The molecular weight excluding hydrogens is 345 g/mol. The van der Waals surface area contributed by atoms with Crippen molar-refractivity contribution < 1.29 is 0 Å². The van der Waals surface area contributed by atoms with Gasteiger partial charge in [0.15, 0.2) is 0 Å². The van der Waals surface area contributed by atoms with E-state index in [4.69, 9.17) is 0 Å². The molecule has 1 atom stereocenters. The summed E-state index contributed by atoms with van der Waals surface area (Å²) in [4.78, 5) is 0. The average molecular weight is 363 g/mol. The first-order valence-electron chi connectivity index (χ1n) is 6.83. The van der Waals surface area contributed by atoms with Gasteiger partial charge in [-0.3, -0.25) is 0 Å². The third-order valence-electron chi connectivity index (χ3n) is 3.96. The summed E-state index contributed by atoms with van der Waals surface area (Å²) in [5, 5.41) is 3.46. The Morgan fingerprint density at radius 3 is 2.63 bits per heavy atom. The number of halogens is 1. The van der Waals surface area contributed by atoms with Gasteiger partial charge in [-0.2, -0.15) is 0 Å². The molecule has 0 aliphatic heterocycles. The summed E-state index contributed by atoms with van der Waals surface area (Å²) in [6.07, 6.45) is 3.81. The first-order chi connectivity index (χ1) is 9.29. The second kappa shape index (κ2) is 5.63. The lowest BCUT2D eigenvalue weighted by Crippen LogP contribution is -2.18. The van der Waals surface area contributed by atoms with Crippen LogP contribution in [0.2, 0.25) is 0 Å². The van der Waals surface area contributed by atoms with Crippen LogP contribution in [0.25, 0.3) is 0 Å². The predicted molar refractivity (Wildman–Crippen MR) is 88.5 cm³/mol. The zero-order valence-electron chi connectivity index (χ0n) is 11.1. The average Bonchev–Trinajstić information content (AvgIpc) is 2.89. The van der Waals surface area contributed by atoms with Crippen molar-refractivity contribution in [1.82, 2.24) is 5.32 Å². The van der Waals surface area contributed by atoms with Gasteiger partial charge in [0.2, 0.25) is 0 Å². The van der Waals surface area contributed by atoms with Crippen LogP contribution in [0.3, 0.4) is 0 Å². The molecule has 2 heteroatoms. The van der Waals surface area contributed by atoms with Gasteiger partial charge >= 0.3 is 0 Å². The Balaban J connectivity index is 2.01. The van der Waals surface area contributed by atoms with Crippen LogP contribution in [0.1, 0.15) is 34.7 Å². The van der Waals surface area contributed by atoms with E-state index < -0.39 is 0 Å². The van der Waals surface area contributed by atoms with Gasteiger partial charge in [-0.25, -0.2) is 0 Å². The van der Waals surface area contributed by atoms with Crippen molar-refractivity contribution in [3.63, 3.8) is 0 Å². The second-order valence-corrected chi connectivity index (χ2v) is 6.29. The lowest BCUT2D eigenvalue weighted by atomic mass is 9.96. The molecule has 2 aromatic carbocycles. The lowest BCUT2D eigenvalue weighted by Gasteiger charge is -2.19. The van der Waals surface area contributed by atoms with Crippen molar-refractivity contribution in [3.8, 4) is 0 Å². The fraction of sp³-hybridized carbons (Fsp3) is 0.294. The summed E-state index contributed by atoms with van der Waals surface area (Å²) in [5.74, 6) is 0. The van der Waals surface area contributed by atoms with Gasteiger partial charge in [0.1, 0.15) is 0 Å². The fourth-order valence-corrected chi connectivity index (χ4v) is 3.68. The summed E-state index contributed by atoms with van der Waals surface area (Å²) >= 11 is 2.42. The molecule has 0 bridgehead atoms. The Morgan fingerprint density at radius 1 is 1.05 bits per heavy atom. The molecule has 0 fully saturated rings. The van der Waals surface area contributed by atoms with Crippen LogP contribution < -0.4 is 5.32 Å². The van der Waals surface area contributed by atoms with E-state index in [1.54, 1.807) is 11.1 Å². The van der Waals surface area contributed by atoms with E-state index in [1.165, 1.54) is 34.0 Å². The maximum atomic E-state index is 3.46. The molecule has 1 nitrogen and oxygen atoms in total. The highest BCUT2D eigenvalue weighted by Gasteiger charge is 2.17. The van der Waals surface area contributed by atoms with Crippen molar-refractivity contribution in [2.75, 3.05) is 7.05 Å². The number of hydrogen-bond donors (Lipinski definition) is 1. The minimum atomic E-state index is 0.291. The zero-order chi connectivity index (χ0) is 13.2. The van der Waals surface area contributed by atoms with Crippen LogP contribution >= 0.6 is 22.6 Å². The highest BCUT2D eigenvalue weighted by molar-refractivity contribution is 14.1. The van der Waals surface area contributed by atoms with E-state index in [2.05, 4.69) is 70.4 Å². The molecule has 0 saturated carbocycles. The Bertz CT molecular complexity index is 592. The molecule has 1 aliphatic carbocycles. The standard InChI is InChI=1S/C17H18IN/c1-19-17(15-7-2-3-8-16(15)18)14-10-9-12-5-4-6-13(12)11-14/h2-3,7-11,17,19H,4-6H2,1H3. The number of benzene rings is 2. The van der Waals surface area contributed by atoms with E-state index in [9.17, 15) is 0 Å². The first kappa shape index (κ1) is 13.1. The number of rotatable bonds is 3. The molecule has 0 aromatic heterocycles. The van der Waals surface area contributed by atoms with Crippen molar-refractivity contribution in [2.45, 2.75) is 25.3 Å². The maximum absolute atomic E-state index is 3.46. The largest absolute Gasteiger partial charge is 0.309 e. The first-order valence-corrected chi connectivity index (χ1v) is 7.91. The Hall–Kier alpha value is -0.870. The van der Waals surface area contributed by atoms with E-state index in [-0.39, 0.29) is 0 Å². The monoisotopic (exact) mass is 363 g/mol. The minimum absolute atomic E-state index is 0.291. The molecule has 3 rings (SSSR count). The van der Waals surface area contributed by atoms with Gasteiger partial charge in [0.25, 0.3) is 0 Å². The second-order valence-electron chi connectivity index (χ2n) is 5.12. The van der Waals surface area contributed by atoms with Crippen LogP contribution in [-0.2, 0) is 12.8 Å². The third-order valence-corrected chi connectivity index (χ3v) is 4.94. The number of aryl methyl sites for hydroxylation is 2. The third kappa shape index (κ3) is 2.56. The molecule has 0 radical (unpaired) electrons. The van der Waals surface area contributed by atoms with E-state index in [0.717, 1.165) is 0 Å². The molecule has 0 amide bonds. The molecule has 0 spiro atoms. The van der Waals surface area contributed by atoms with Crippen LogP contribution in [0.5, 0.6) is 0 Å². The normalized spacial score (nSPS) is 15.3. The quantitative estimate of drug-likeness (QED) is 0.810. The molecular formula is C17H18IN.